The summed E-state index contributed by atoms with van der Waals surface area (Å²) in [5.41, 5.74) is 0. The van der Waals surface area contributed by atoms with Crippen molar-refractivity contribution in [2.45, 2.75) is 39.3 Å². The third-order valence-electron chi connectivity index (χ3n) is 3.21. The zero-order valence-electron chi connectivity index (χ0n) is 10.1. The fourth-order valence-corrected chi connectivity index (χ4v) is 2.28. The van der Waals surface area contributed by atoms with Gasteiger partial charge in [-0.1, -0.05) is 19.0 Å². The van der Waals surface area contributed by atoms with Crippen LogP contribution in [0.5, 0.6) is 0 Å². The van der Waals surface area contributed by atoms with Gasteiger partial charge in [-0.05, 0) is 18.9 Å². The van der Waals surface area contributed by atoms with Crippen molar-refractivity contribution in [3.63, 3.8) is 0 Å². The molecule has 0 spiro atoms. The number of carboxylic acid groups (broad SMARTS) is 1. The summed E-state index contributed by atoms with van der Waals surface area (Å²) in [5.74, 6) is 0.570. The van der Waals surface area contributed by atoms with Crippen LogP contribution in [0.3, 0.4) is 0 Å². The number of likely N-dealkylation sites (tertiary alicyclic amines) is 1. The lowest BCUT2D eigenvalue weighted by Crippen LogP contribution is -2.38. The minimum absolute atomic E-state index is 0.171. The van der Waals surface area contributed by atoms with Crippen molar-refractivity contribution < 1.29 is 14.4 Å². The van der Waals surface area contributed by atoms with Crippen LogP contribution in [-0.2, 0) is 17.8 Å². The fraction of sp³-hybridized carbons (Fsp3) is 0.727. The van der Waals surface area contributed by atoms with Crippen LogP contribution < -0.4 is 0 Å². The molecule has 1 aliphatic heterocycles. The number of rotatable bonds is 4. The molecule has 6 heteroatoms. The van der Waals surface area contributed by atoms with Crippen molar-refractivity contribution in [1.82, 2.24) is 15.0 Å². The number of aliphatic carboxylic acids is 1. The predicted octanol–water partition coefficient (Wildman–Crippen LogP) is 0.927. The molecule has 2 unspecified atom stereocenters. The molecule has 1 fully saturated rings. The van der Waals surface area contributed by atoms with Gasteiger partial charge in [-0.25, -0.2) is 0 Å². The first kappa shape index (κ1) is 12.0. The number of aryl methyl sites for hydroxylation is 1. The van der Waals surface area contributed by atoms with Crippen LogP contribution in [0, 0.1) is 5.92 Å². The minimum Gasteiger partial charge on any atom is -0.480 e. The maximum atomic E-state index is 11.2. The SMILES string of the molecule is CCc1nc(CN2CCC(C)C2C(=O)O)no1. The average Bonchev–Trinajstić information content (AvgIpc) is 2.86. The van der Waals surface area contributed by atoms with E-state index in [0.29, 0.717) is 24.7 Å². The molecule has 2 atom stereocenters. The Balaban J connectivity index is 2.05. The van der Waals surface area contributed by atoms with Gasteiger partial charge < -0.3 is 9.63 Å². The van der Waals surface area contributed by atoms with Crippen molar-refractivity contribution in [2.75, 3.05) is 6.54 Å². The molecule has 94 valence electrons. The summed E-state index contributed by atoms with van der Waals surface area (Å²) in [6.45, 7) is 5.13. The second-order valence-corrected chi connectivity index (χ2v) is 4.48. The first-order valence-corrected chi connectivity index (χ1v) is 5.90. The summed E-state index contributed by atoms with van der Waals surface area (Å²) in [6, 6.07) is -0.432. The topological polar surface area (TPSA) is 79.5 Å². The molecular formula is C11H17N3O3. The third kappa shape index (κ3) is 2.46. The van der Waals surface area contributed by atoms with E-state index in [4.69, 9.17) is 4.52 Å². The Morgan fingerprint density at radius 3 is 3.00 bits per heavy atom. The van der Waals surface area contributed by atoms with Gasteiger partial charge >= 0.3 is 5.97 Å². The molecule has 1 aliphatic rings. The Bertz CT molecular complexity index is 404. The quantitative estimate of drug-likeness (QED) is 0.841. The molecule has 0 amide bonds. The molecule has 1 aromatic heterocycles. The van der Waals surface area contributed by atoms with Gasteiger partial charge in [0.25, 0.3) is 0 Å². The molecule has 2 rings (SSSR count). The van der Waals surface area contributed by atoms with E-state index in [1.807, 2.05) is 18.7 Å². The van der Waals surface area contributed by atoms with Gasteiger partial charge in [0, 0.05) is 6.42 Å². The average molecular weight is 239 g/mol. The zero-order valence-corrected chi connectivity index (χ0v) is 10.1. The Kier molecular flexibility index (Phi) is 3.42. The third-order valence-corrected chi connectivity index (χ3v) is 3.21. The number of nitrogens with zero attached hydrogens (tertiary/aromatic N) is 3. The van der Waals surface area contributed by atoms with Crippen molar-refractivity contribution in [2.24, 2.45) is 5.92 Å². The number of hydrogen-bond donors (Lipinski definition) is 1. The second-order valence-electron chi connectivity index (χ2n) is 4.48. The Morgan fingerprint density at radius 1 is 1.65 bits per heavy atom. The van der Waals surface area contributed by atoms with Crippen LogP contribution in [-0.4, -0.2) is 38.7 Å². The highest BCUT2D eigenvalue weighted by Gasteiger charge is 2.37. The first-order valence-electron chi connectivity index (χ1n) is 5.90. The number of carboxylic acids is 1. The smallest absolute Gasteiger partial charge is 0.321 e. The van der Waals surface area contributed by atoms with E-state index in [-0.39, 0.29) is 5.92 Å². The van der Waals surface area contributed by atoms with Crippen LogP contribution in [0.1, 0.15) is 32.0 Å². The zero-order chi connectivity index (χ0) is 12.4. The Labute approximate surface area is 99.6 Å². The normalized spacial score (nSPS) is 25.3. The molecular weight excluding hydrogens is 222 g/mol. The molecule has 0 radical (unpaired) electrons. The van der Waals surface area contributed by atoms with E-state index in [0.717, 1.165) is 13.0 Å². The lowest BCUT2D eigenvalue weighted by atomic mass is 10.0. The lowest BCUT2D eigenvalue weighted by Gasteiger charge is -2.21. The van der Waals surface area contributed by atoms with Crippen LogP contribution in [0.25, 0.3) is 0 Å². The molecule has 0 bridgehead atoms. The summed E-state index contributed by atoms with van der Waals surface area (Å²) >= 11 is 0. The standard InChI is InChI=1S/C11H17N3O3/c1-3-9-12-8(13-17-9)6-14-5-4-7(2)10(14)11(15)16/h7,10H,3-6H2,1-2H3,(H,15,16). The van der Waals surface area contributed by atoms with E-state index < -0.39 is 12.0 Å². The van der Waals surface area contributed by atoms with E-state index in [1.54, 1.807) is 0 Å². The number of hydrogen-bond acceptors (Lipinski definition) is 5. The fourth-order valence-electron chi connectivity index (χ4n) is 2.28. The Morgan fingerprint density at radius 2 is 2.41 bits per heavy atom. The van der Waals surface area contributed by atoms with Gasteiger partial charge in [0.05, 0.1) is 6.54 Å². The van der Waals surface area contributed by atoms with E-state index in [1.165, 1.54) is 0 Å². The summed E-state index contributed by atoms with van der Waals surface area (Å²) < 4.78 is 5.01. The number of carbonyl (C=O) groups is 1. The monoisotopic (exact) mass is 239 g/mol. The molecule has 0 aliphatic carbocycles. The largest absolute Gasteiger partial charge is 0.480 e. The van der Waals surface area contributed by atoms with E-state index in [2.05, 4.69) is 10.1 Å². The molecule has 1 aromatic rings. The maximum absolute atomic E-state index is 11.2. The predicted molar refractivity (Wildman–Crippen MR) is 59.3 cm³/mol. The van der Waals surface area contributed by atoms with Crippen LogP contribution in [0.15, 0.2) is 4.52 Å². The molecule has 6 nitrogen and oxygen atoms in total. The number of aromatic nitrogens is 2. The van der Waals surface area contributed by atoms with Gasteiger partial charge in [-0.2, -0.15) is 4.98 Å². The van der Waals surface area contributed by atoms with Gasteiger partial charge in [0.2, 0.25) is 5.89 Å². The van der Waals surface area contributed by atoms with Gasteiger partial charge in [-0.15, -0.1) is 0 Å². The highest BCUT2D eigenvalue weighted by atomic mass is 16.5. The van der Waals surface area contributed by atoms with Gasteiger partial charge in [0.1, 0.15) is 6.04 Å². The summed E-state index contributed by atoms with van der Waals surface area (Å²) in [6.07, 6.45) is 1.60. The van der Waals surface area contributed by atoms with Crippen molar-refractivity contribution >= 4 is 5.97 Å². The molecule has 1 saturated heterocycles. The summed E-state index contributed by atoms with van der Waals surface area (Å²) in [4.78, 5) is 17.3. The first-order chi connectivity index (χ1) is 8.11. The molecule has 2 heterocycles. The van der Waals surface area contributed by atoms with Crippen molar-refractivity contribution in [3.05, 3.63) is 11.7 Å². The summed E-state index contributed by atoms with van der Waals surface area (Å²) in [5, 5.41) is 13.0. The highest BCUT2D eigenvalue weighted by Crippen LogP contribution is 2.25. The minimum atomic E-state index is -0.769. The Hall–Kier alpha value is -1.43. The molecule has 1 N–H and O–H groups in total. The van der Waals surface area contributed by atoms with Gasteiger partial charge in [0.15, 0.2) is 5.82 Å². The molecule has 17 heavy (non-hydrogen) atoms. The van der Waals surface area contributed by atoms with Crippen molar-refractivity contribution in [3.8, 4) is 0 Å². The molecule has 0 aromatic carbocycles. The highest BCUT2D eigenvalue weighted by molar-refractivity contribution is 5.74. The summed E-state index contributed by atoms with van der Waals surface area (Å²) in [7, 11) is 0. The van der Waals surface area contributed by atoms with E-state index >= 15 is 0 Å². The van der Waals surface area contributed by atoms with E-state index in [9.17, 15) is 9.90 Å². The van der Waals surface area contributed by atoms with Crippen LogP contribution in [0.2, 0.25) is 0 Å². The van der Waals surface area contributed by atoms with Crippen molar-refractivity contribution in [1.29, 1.82) is 0 Å². The van der Waals surface area contributed by atoms with Gasteiger partial charge in [-0.3, -0.25) is 9.69 Å². The van der Waals surface area contributed by atoms with Crippen LogP contribution in [0.4, 0.5) is 0 Å². The van der Waals surface area contributed by atoms with Crippen LogP contribution >= 0.6 is 0 Å². The second kappa shape index (κ2) is 4.83. The lowest BCUT2D eigenvalue weighted by molar-refractivity contribution is -0.143. The maximum Gasteiger partial charge on any atom is 0.321 e. The molecule has 0 saturated carbocycles.